The van der Waals surface area contributed by atoms with Crippen LogP contribution in [0.3, 0.4) is 0 Å². The molecule has 10 heteroatoms. The summed E-state index contributed by atoms with van der Waals surface area (Å²) >= 11 is 1.34. The molecule has 4 heterocycles. The van der Waals surface area contributed by atoms with Crippen LogP contribution in [0.15, 0.2) is 80.1 Å². The fraction of sp³-hybridized carbons (Fsp3) is 0.250. The fourth-order valence-corrected chi connectivity index (χ4v) is 4.72. The zero-order valence-corrected chi connectivity index (χ0v) is 19.6. The van der Waals surface area contributed by atoms with Crippen LogP contribution in [-0.4, -0.2) is 44.3 Å². The first-order valence-electron chi connectivity index (χ1n) is 10.8. The average molecular weight is 478 g/mol. The van der Waals surface area contributed by atoms with Crippen molar-refractivity contribution in [3.63, 3.8) is 0 Å². The molecule has 174 valence electrons. The third-order valence-corrected chi connectivity index (χ3v) is 6.50. The number of methoxy groups -OCH3 is 1. The van der Waals surface area contributed by atoms with E-state index >= 15 is 0 Å². The van der Waals surface area contributed by atoms with Gasteiger partial charge in [-0.3, -0.25) is 4.79 Å². The molecule has 0 fully saturated rings. The summed E-state index contributed by atoms with van der Waals surface area (Å²) < 4.78 is 18.3. The Hall–Kier alpha value is -3.79. The van der Waals surface area contributed by atoms with E-state index < -0.39 is 0 Å². The minimum atomic E-state index is -0.317. The van der Waals surface area contributed by atoms with E-state index in [1.165, 1.54) is 16.8 Å². The van der Waals surface area contributed by atoms with Gasteiger partial charge < -0.3 is 18.1 Å². The number of hydrogen-bond acceptors (Lipinski definition) is 8. The molecule has 0 radical (unpaired) electrons. The number of benzene rings is 1. The number of ether oxygens (including phenoxy) is 1. The van der Waals surface area contributed by atoms with Gasteiger partial charge in [0.05, 0.1) is 25.4 Å². The molecule has 1 amide bonds. The van der Waals surface area contributed by atoms with Crippen LogP contribution in [0.5, 0.6) is 5.75 Å². The third kappa shape index (κ3) is 4.24. The minimum Gasteiger partial charge on any atom is -0.497 e. The van der Waals surface area contributed by atoms with Crippen molar-refractivity contribution in [3.8, 4) is 17.1 Å². The zero-order valence-electron chi connectivity index (χ0n) is 18.7. The molecule has 0 bridgehead atoms. The summed E-state index contributed by atoms with van der Waals surface area (Å²) in [6.45, 7) is 2.69. The maximum Gasteiger partial charge on any atom is 0.253 e. The van der Waals surface area contributed by atoms with E-state index in [1.54, 1.807) is 25.7 Å². The molecule has 0 N–H and O–H groups in total. The van der Waals surface area contributed by atoms with Crippen LogP contribution in [0.2, 0.25) is 0 Å². The predicted octanol–water partition coefficient (Wildman–Crippen LogP) is 4.63. The highest BCUT2D eigenvalue weighted by atomic mass is 32.2. The Labute approximate surface area is 200 Å². The first-order chi connectivity index (χ1) is 16.7. The Morgan fingerprint density at radius 3 is 2.59 bits per heavy atom. The van der Waals surface area contributed by atoms with Gasteiger partial charge in [0.1, 0.15) is 29.0 Å². The summed E-state index contributed by atoms with van der Waals surface area (Å²) in [4.78, 5) is 13.2. The van der Waals surface area contributed by atoms with Crippen molar-refractivity contribution in [2.75, 3.05) is 12.9 Å². The van der Waals surface area contributed by atoms with Crippen molar-refractivity contribution in [2.45, 2.75) is 31.1 Å². The number of hydrogen-bond donors (Lipinski definition) is 0. The molecular formula is C24H23N5O4S. The number of carbonyl (C=O) groups excluding carboxylic acids is 1. The monoisotopic (exact) mass is 477 g/mol. The van der Waals surface area contributed by atoms with Crippen LogP contribution in [0.4, 0.5) is 0 Å². The molecule has 1 unspecified atom stereocenters. The number of rotatable bonds is 8. The lowest BCUT2D eigenvalue weighted by molar-refractivity contribution is -0.130. The Morgan fingerprint density at radius 2 is 1.91 bits per heavy atom. The van der Waals surface area contributed by atoms with Gasteiger partial charge in [-0.05, 0) is 55.5 Å². The molecule has 0 saturated carbocycles. The van der Waals surface area contributed by atoms with Crippen molar-refractivity contribution in [2.24, 2.45) is 5.10 Å². The maximum absolute atomic E-state index is 13.2. The van der Waals surface area contributed by atoms with Gasteiger partial charge in [-0.15, -0.1) is 10.2 Å². The highest BCUT2D eigenvalue weighted by Gasteiger charge is 2.35. The first kappa shape index (κ1) is 22.0. The Bertz CT molecular complexity index is 1280. The van der Waals surface area contributed by atoms with E-state index in [4.69, 9.17) is 13.6 Å². The average Bonchev–Trinajstić information content (AvgIpc) is 3.68. The molecule has 3 aromatic heterocycles. The summed E-state index contributed by atoms with van der Waals surface area (Å²) in [5, 5.41) is 15.4. The molecule has 1 aromatic carbocycles. The zero-order chi connectivity index (χ0) is 23.5. The summed E-state index contributed by atoms with van der Waals surface area (Å²) in [6.07, 6.45) is 3.71. The van der Waals surface area contributed by atoms with Crippen LogP contribution in [0.1, 0.15) is 30.9 Å². The standard InChI is InChI=1S/C24H23N5O4S/c1-3-28-23(16-8-10-17(31-2)11-9-16)25-26-24(28)34-15-22(30)29-19(21-7-5-13-33-21)14-18(27-29)20-6-4-12-32-20/h4-13,19H,3,14-15H2,1-2H3. The van der Waals surface area contributed by atoms with Crippen molar-refractivity contribution in [1.29, 1.82) is 0 Å². The van der Waals surface area contributed by atoms with Gasteiger partial charge in [0.25, 0.3) is 5.91 Å². The van der Waals surface area contributed by atoms with Crippen LogP contribution < -0.4 is 4.74 Å². The second-order valence-corrected chi connectivity index (χ2v) is 8.51. The molecule has 1 aliphatic rings. The molecule has 1 atom stereocenters. The Morgan fingerprint density at radius 1 is 1.12 bits per heavy atom. The fourth-order valence-electron chi connectivity index (χ4n) is 3.86. The first-order valence-corrected chi connectivity index (χ1v) is 11.8. The number of hydrazone groups is 1. The Balaban J connectivity index is 1.34. The number of nitrogens with zero attached hydrogens (tertiary/aromatic N) is 5. The van der Waals surface area contributed by atoms with E-state index in [0.29, 0.717) is 35.4 Å². The second kappa shape index (κ2) is 9.60. The van der Waals surface area contributed by atoms with Gasteiger partial charge in [0.15, 0.2) is 11.0 Å². The lowest BCUT2D eigenvalue weighted by Gasteiger charge is -2.19. The van der Waals surface area contributed by atoms with Crippen LogP contribution in [0, 0.1) is 0 Å². The van der Waals surface area contributed by atoms with Gasteiger partial charge in [-0.25, -0.2) is 5.01 Å². The summed E-state index contributed by atoms with van der Waals surface area (Å²) in [6, 6.07) is 14.6. The van der Waals surface area contributed by atoms with Gasteiger partial charge in [0.2, 0.25) is 0 Å². The van der Waals surface area contributed by atoms with E-state index in [0.717, 1.165) is 17.1 Å². The van der Waals surface area contributed by atoms with Gasteiger partial charge >= 0.3 is 0 Å². The number of aromatic nitrogens is 3. The molecule has 0 spiro atoms. The number of furan rings is 2. The van der Waals surface area contributed by atoms with E-state index in [9.17, 15) is 4.79 Å². The molecule has 0 aliphatic carbocycles. The number of thioether (sulfide) groups is 1. The van der Waals surface area contributed by atoms with E-state index in [2.05, 4.69) is 15.3 Å². The van der Waals surface area contributed by atoms with Crippen LogP contribution in [0.25, 0.3) is 11.4 Å². The predicted molar refractivity (Wildman–Crippen MR) is 127 cm³/mol. The summed E-state index contributed by atoms with van der Waals surface area (Å²) in [7, 11) is 1.63. The highest BCUT2D eigenvalue weighted by Crippen LogP contribution is 2.34. The van der Waals surface area contributed by atoms with Gasteiger partial charge in [0, 0.05) is 18.5 Å². The van der Waals surface area contributed by atoms with Crippen LogP contribution in [-0.2, 0) is 11.3 Å². The SMILES string of the molecule is CCn1c(SCC(=O)N2N=C(c3ccco3)CC2c2ccco2)nnc1-c1ccc(OC)cc1. The van der Waals surface area contributed by atoms with Crippen LogP contribution >= 0.6 is 11.8 Å². The van der Waals surface area contributed by atoms with Crippen molar-refractivity contribution in [1.82, 2.24) is 19.8 Å². The van der Waals surface area contributed by atoms with Crippen molar-refractivity contribution >= 4 is 23.4 Å². The molecule has 9 nitrogen and oxygen atoms in total. The van der Waals surface area contributed by atoms with Gasteiger partial charge in [-0.1, -0.05) is 11.8 Å². The molecule has 5 rings (SSSR count). The normalized spacial score (nSPS) is 15.5. The van der Waals surface area contributed by atoms with Gasteiger partial charge in [-0.2, -0.15) is 5.10 Å². The lowest BCUT2D eigenvalue weighted by atomic mass is 10.1. The smallest absolute Gasteiger partial charge is 0.253 e. The quantitative estimate of drug-likeness (QED) is 0.341. The Kier molecular flexibility index (Phi) is 6.22. The molecule has 4 aromatic rings. The number of amides is 1. The topological polar surface area (TPSA) is 98.9 Å². The molecule has 0 saturated heterocycles. The number of carbonyl (C=O) groups is 1. The largest absolute Gasteiger partial charge is 0.497 e. The summed E-state index contributed by atoms with van der Waals surface area (Å²) in [5.41, 5.74) is 1.64. The minimum absolute atomic E-state index is 0.149. The lowest BCUT2D eigenvalue weighted by Crippen LogP contribution is -2.28. The molecule has 34 heavy (non-hydrogen) atoms. The highest BCUT2D eigenvalue weighted by molar-refractivity contribution is 7.99. The molecular weight excluding hydrogens is 454 g/mol. The second-order valence-electron chi connectivity index (χ2n) is 7.57. The third-order valence-electron chi connectivity index (χ3n) is 5.55. The van der Waals surface area contributed by atoms with E-state index in [1.807, 2.05) is 54.0 Å². The molecule has 1 aliphatic heterocycles. The van der Waals surface area contributed by atoms with Crippen molar-refractivity contribution < 1.29 is 18.4 Å². The van der Waals surface area contributed by atoms with Crippen molar-refractivity contribution in [3.05, 3.63) is 72.6 Å². The van der Waals surface area contributed by atoms with E-state index in [-0.39, 0.29) is 17.7 Å². The maximum atomic E-state index is 13.2. The summed E-state index contributed by atoms with van der Waals surface area (Å²) in [5.74, 6) is 2.86.